The minimum Gasteiger partial charge on any atom is -0.480 e. The second kappa shape index (κ2) is 43.1. The van der Waals surface area contributed by atoms with E-state index in [4.69, 9.17) is 13.8 Å². The Hall–Kier alpha value is -3.60. The average Bonchev–Trinajstić information content (AvgIpc) is 3.24. The number of esters is 1. The van der Waals surface area contributed by atoms with Crippen molar-refractivity contribution in [2.24, 2.45) is 0 Å². The molecule has 0 aliphatic carbocycles. The van der Waals surface area contributed by atoms with E-state index in [9.17, 15) is 34.1 Å². The Labute approximate surface area is 368 Å². The fraction of sp³-hybridized carbons (Fsp3) is 0.612. The number of carboxylic acids is 1. The molecule has 61 heavy (non-hydrogen) atoms. The van der Waals surface area contributed by atoms with Crippen LogP contribution in [0.2, 0.25) is 0 Å². The molecule has 0 heterocycles. The van der Waals surface area contributed by atoms with E-state index in [0.717, 1.165) is 109 Å². The van der Waals surface area contributed by atoms with Crippen molar-refractivity contribution in [1.29, 1.82) is 0 Å². The number of rotatable bonds is 41. The summed E-state index contributed by atoms with van der Waals surface area (Å²) < 4.78 is 26.8. The number of hydrogen-bond acceptors (Lipinski definition) is 8. The summed E-state index contributed by atoms with van der Waals surface area (Å²) in [5.41, 5.74) is 0. The molecule has 11 nitrogen and oxygen atoms in total. The van der Waals surface area contributed by atoms with Crippen molar-refractivity contribution >= 4 is 25.7 Å². The molecule has 0 aliphatic rings. The number of ether oxygens (including phenoxy) is 1. The average molecular weight is 874 g/mol. The third-order valence-corrected chi connectivity index (χ3v) is 10.1. The number of aliphatic hydroxyl groups excluding tert-OH is 1. The summed E-state index contributed by atoms with van der Waals surface area (Å²) in [6.07, 6.45) is 54.3. The monoisotopic (exact) mass is 874 g/mol. The molecule has 0 aromatic rings. The van der Waals surface area contributed by atoms with Gasteiger partial charge in [-0.3, -0.25) is 18.6 Å². The molecule has 0 fully saturated rings. The van der Waals surface area contributed by atoms with Gasteiger partial charge in [-0.25, -0.2) is 9.36 Å². The number of aliphatic carboxylic acids is 1. The lowest BCUT2D eigenvalue weighted by molar-refractivity contribution is -0.147. The summed E-state index contributed by atoms with van der Waals surface area (Å²) in [5.74, 6) is -2.43. The van der Waals surface area contributed by atoms with Crippen LogP contribution in [0.15, 0.2) is 97.2 Å². The number of carbonyl (C=O) groups is 3. The van der Waals surface area contributed by atoms with Crippen LogP contribution < -0.4 is 5.32 Å². The van der Waals surface area contributed by atoms with Crippen LogP contribution in [0.25, 0.3) is 0 Å². The summed E-state index contributed by atoms with van der Waals surface area (Å²) in [6, 6.07) is -1.56. The fourth-order valence-corrected chi connectivity index (χ4v) is 6.34. The second-order valence-electron chi connectivity index (χ2n) is 14.9. The number of carboxylic acid groups (broad SMARTS) is 1. The fourth-order valence-electron chi connectivity index (χ4n) is 5.57. The van der Waals surface area contributed by atoms with E-state index in [1.165, 1.54) is 12.8 Å². The number of hydrogen-bond donors (Lipinski definition) is 4. The lowest BCUT2D eigenvalue weighted by Crippen LogP contribution is -2.43. The van der Waals surface area contributed by atoms with E-state index in [-0.39, 0.29) is 12.8 Å². The van der Waals surface area contributed by atoms with Crippen molar-refractivity contribution in [1.82, 2.24) is 5.32 Å². The van der Waals surface area contributed by atoms with Gasteiger partial charge in [0.25, 0.3) is 0 Å². The quantitative estimate of drug-likeness (QED) is 0.0201. The highest BCUT2D eigenvalue weighted by atomic mass is 31.2. The van der Waals surface area contributed by atoms with Crippen LogP contribution in [0.1, 0.15) is 162 Å². The number of nitrogens with one attached hydrogen (secondary N) is 1. The van der Waals surface area contributed by atoms with Gasteiger partial charge in [0.1, 0.15) is 12.7 Å². The van der Waals surface area contributed by atoms with Crippen molar-refractivity contribution in [2.45, 2.75) is 174 Å². The number of unbranched alkanes of at least 4 members (excludes halogenated alkanes) is 11. The van der Waals surface area contributed by atoms with Gasteiger partial charge in [0.15, 0.2) is 6.04 Å². The van der Waals surface area contributed by atoms with Crippen molar-refractivity contribution < 1.29 is 47.8 Å². The summed E-state index contributed by atoms with van der Waals surface area (Å²) in [7, 11) is -4.77. The van der Waals surface area contributed by atoms with Gasteiger partial charge in [0, 0.05) is 12.8 Å². The molecule has 0 aromatic carbocycles. The maximum Gasteiger partial charge on any atom is 0.472 e. The Balaban J connectivity index is 3.96. The van der Waals surface area contributed by atoms with E-state index >= 15 is 0 Å². The van der Waals surface area contributed by atoms with Gasteiger partial charge in [-0.15, -0.1) is 0 Å². The molecule has 1 amide bonds. The maximum absolute atomic E-state index is 12.3. The first kappa shape index (κ1) is 57.4. The molecule has 0 rings (SSSR count). The number of phosphoric acid groups is 1. The second-order valence-corrected chi connectivity index (χ2v) is 16.3. The molecule has 4 N–H and O–H groups in total. The molecule has 0 radical (unpaired) electrons. The lowest BCUT2D eigenvalue weighted by Gasteiger charge is -2.18. The van der Waals surface area contributed by atoms with Gasteiger partial charge in [-0.05, 0) is 89.9 Å². The molecule has 3 unspecified atom stereocenters. The van der Waals surface area contributed by atoms with Crippen LogP contribution in [-0.2, 0) is 32.7 Å². The zero-order valence-corrected chi connectivity index (χ0v) is 38.3. The molecule has 0 aromatic heterocycles. The summed E-state index contributed by atoms with van der Waals surface area (Å²) in [5, 5.41) is 21.8. The first-order chi connectivity index (χ1) is 29.6. The molecule has 0 saturated heterocycles. The zero-order valence-electron chi connectivity index (χ0n) is 37.4. The van der Waals surface area contributed by atoms with Gasteiger partial charge in [-0.2, -0.15) is 0 Å². The molecule has 3 atom stereocenters. The van der Waals surface area contributed by atoms with Crippen LogP contribution in [0.3, 0.4) is 0 Å². The molecule has 0 saturated carbocycles. The summed E-state index contributed by atoms with van der Waals surface area (Å²) in [4.78, 5) is 45.9. The lowest BCUT2D eigenvalue weighted by atomic mass is 10.1. The Bertz CT molecular complexity index is 1400. The largest absolute Gasteiger partial charge is 0.480 e. The van der Waals surface area contributed by atoms with E-state index in [1.807, 2.05) is 0 Å². The predicted octanol–water partition coefficient (Wildman–Crippen LogP) is 12.1. The van der Waals surface area contributed by atoms with E-state index in [1.54, 1.807) is 0 Å². The Morgan fingerprint density at radius 3 is 1.43 bits per heavy atom. The maximum atomic E-state index is 12.3. The number of amides is 1. The normalized spacial score (nSPS) is 14.6. The molecule has 0 aliphatic heterocycles. The highest BCUT2D eigenvalue weighted by molar-refractivity contribution is 7.47. The highest BCUT2D eigenvalue weighted by Crippen LogP contribution is 2.43. The summed E-state index contributed by atoms with van der Waals surface area (Å²) >= 11 is 0. The Morgan fingerprint density at radius 1 is 0.541 bits per heavy atom. The van der Waals surface area contributed by atoms with Gasteiger partial charge < -0.3 is 25.2 Å². The highest BCUT2D eigenvalue weighted by Gasteiger charge is 2.28. The van der Waals surface area contributed by atoms with Crippen LogP contribution in [-0.4, -0.2) is 64.9 Å². The first-order valence-corrected chi connectivity index (χ1v) is 24.3. The van der Waals surface area contributed by atoms with Crippen molar-refractivity contribution in [3.05, 3.63) is 97.2 Å². The van der Waals surface area contributed by atoms with Gasteiger partial charge in [-0.1, -0.05) is 156 Å². The molecule has 0 spiro atoms. The number of allylic oxidation sites excluding steroid dienone is 16. The first-order valence-electron chi connectivity index (χ1n) is 22.8. The van der Waals surface area contributed by atoms with Crippen molar-refractivity contribution in [2.75, 3.05) is 19.8 Å². The molecule has 346 valence electrons. The van der Waals surface area contributed by atoms with E-state index in [0.29, 0.717) is 12.8 Å². The predicted molar refractivity (Wildman–Crippen MR) is 249 cm³/mol. The zero-order chi connectivity index (χ0) is 44.9. The molecule has 0 bridgehead atoms. The third kappa shape index (κ3) is 42.9. The SMILES string of the molecule is CC/C=C\C/C=C\C/C=C\C/C=C\C/C=C\C/C=C\CCCCCCC(=O)OCC(O)COP(=O)(O)OCC(NC(=O)CCCCCCC/C=C\C/C=C\CCCC)C(=O)O. The topological polar surface area (TPSA) is 169 Å². The number of carbonyl (C=O) groups excluding carboxylic acids is 2. The van der Waals surface area contributed by atoms with Gasteiger partial charge in [0.05, 0.1) is 13.2 Å². The number of phosphoric ester groups is 1. The Morgan fingerprint density at radius 2 is 0.951 bits per heavy atom. The van der Waals surface area contributed by atoms with E-state index in [2.05, 4.69) is 116 Å². The minimum absolute atomic E-state index is 0.122. The smallest absolute Gasteiger partial charge is 0.472 e. The summed E-state index contributed by atoms with van der Waals surface area (Å²) in [6.45, 7) is 2.38. The van der Waals surface area contributed by atoms with Gasteiger partial charge >= 0.3 is 19.8 Å². The minimum atomic E-state index is -4.77. The van der Waals surface area contributed by atoms with Crippen LogP contribution >= 0.6 is 7.82 Å². The van der Waals surface area contributed by atoms with Crippen molar-refractivity contribution in [3.8, 4) is 0 Å². The number of aliphatic hydroxyl groups is 1. The van der Waals surface area contributed by atoms with Crippen LogP contribution in [0, 0.1) is 0 Å². The van der Waals surface area contributed by atoms with Crippen LogP contribution in [0.5, 0.6) is 0 Å². The van der Waals surface area contributed by atoms with Crippen molar-refractivity contribution in [3.63, 3.8) is 0 Å². The van der Waals surface area contributed by atoms with Crippen LogP contribution in [0.4, 0.5) is 0 Å². The van der Waals surface area contributed by atoms with E-state index < -0.39 is 57.6 Å². The van der Waals surface area contributed by atoms with Gasteiger partial charge in [0.2, 0.25) is 5.91 Å². The Kier molecular flexibility index (Phi) is 40.5. The molecular formula is C49H80NO10P. The molecular weight excluding hydrogens is 794 g/mol. The molecule has 12 heteroatoms. The third-order valence-electron chi connectivity index (χ3n) is 9.11. The standard InChI is InChI=1S/C49H80NO10P/c1-3-5-7-9-11-13-15-17-19-20-21-22-23-24-25-26-27-29-31-33-35-37-39-41-48(53)58-42-45(51)43-59-61(56,57)60-44-46(49(54)55)50-47(52)40-38-36-34-32-30-28-18-16-14-12-10-8-6-4-2/h5,7,10-13,16-19,21-22,24-25,27,29,45-46,51H,3-4,6,8-9,14-15,20,23,26,28,30-44H2,1-2H3,(H,50,52)(H,54,55)(H,56,57)/b7-5-,12-10-,13-11-,18-16-,19-17-,22-21-,25-24-,29-27-.